The molecule has 108 valence electrons. The highest BCUT2D eigenvalue weighted by molar-refractivity contribution is 5.88. The number of nitrogens with zero attached hydrogens (tertiary/aromatic N) is 2. The molecular weight excluding hydrogens is 242 g/mol. The largest absolute Gasteiger partial charge is 0.369 e. The lowest BCUT2D eigenvalue weighted by atomic mass is 9.97. The maximum atomic E-state index is 11.8. The Morgan fingerprint density at radius 3 is 2.42 bits per heavy atom. The van der Waals surface area contributed by atoms with Gasteiger partial charge in [-0.05, 0) is 26.7 Å². The van der Waals surface area contributed by atoms with E-state index in [0.29, 0.717) is 25.0 Å². The van der Waals surface area contributed by atoms with E-state index in [1.165, 1.54) is 19.3 Å². The number of piperidine rings is 1. The molecule has 2 amide bonds. The topological polar surface area (TPSA) is 66.6 Å². The van der Waals surface area contributed by atoms with Crippen LogP contribution in [0.4, 0.5) is 0 Å². The highest BCUT2D eigenvalue weighted by Gasteiger charge is 2.33. The molecule has 2 rings (SSSR count). The quantitative estimate of drug-likeness (QED) is 0.810. The number of hydrogen-bond acceptors (Lipinski definition) is 3. The third-order valence-corrected chi connectivity index (χ3v) is 4.62. The molecule has 0 radical (unpaired) electrons. The molecule has 0 spiro atoms. The molecule has 2 aliphatic rings. The van der Waals surface area contributed by atoms with Crippen LogP contribution >= 0.6 is 0 Å². The van der Waals surface area contributed by atoms with Gasteiger partial charge in [-0.25, -0.2) is 0 Å². The molecular formula is C14H25N3O2. The summed E-state index contributed by atoms with van der Waals surface area (Å²) in [6.45, 7) is 6.64. The molecule has 2 saturated heterocycles. The zero-order chi connectivity index (χ0) is 14.0. The first-order valence-corrected chi connectivity index (χ1v) is 7.32. The first kappa shape index (κ1) is 14.3. The van der Waals surface area contributed by atoms with Crippen molar-refractivity contribution in [3.05, 3.63) is 0 Å². The standard InChI is InChI=1S/C14H25N3O2/c1-10-4-3-5-11(2)17(10)7-6-16-9-12(14(15)19)8-13(16)18/h10-12H,3-9H2,1-2H3,(H2,15,19). The SMILES string of the molecule is CC1CCCC(C)N1CCN1CC(C(N)=O)CC1=O. The number of rotatable bonds is 4. The fourth-order valence-electron chi connectivity index (χ4n) is 3.33. The summed E-state index contributed by atoms with van der Waals surface area (Å²) in [5.74, 6) is -0.569. The van der Waals surface area contributed by atoms with Crippen molar-refractivity contribution in [3.8, 4) is 0 Å². The molecule has 0 aliphatic carbocycles. The summed E-state index contributed by atoms with van der Waals surface area (Å²) in [6.07, 6.45) is 4.07. The summed E-state index contributed by atoms with van der Waals surface area (Å²) in [4.78, 5) is 27.2. The van der Waals surface area contributed by atoms with E-state index in [2.05, 4.69) is 18.7 Å². The summed E-state index contributed by atoms with van der Waals surface area (Å²) < 4.78 is 0. The van der Waals surface area contributed by atoms with E-state index in [9.17, 15) is 9.59 Å². The highest BCUT2D eigenvalue weighted by Crippen LogP contribution is 2.23. The Bertz CT molecular complexity index is 349. The van der Waals surface area contributed by atoms with Gasteiger partial charge in [0.2, 0.25) is 11.8 Å². The number of amides is 2. The fourth-order valence-corrected chi connectivity index (χ4v) is 3.33. The van der Waals surface area contributed by atoms with Crippen LogP contribution < -0.4 is 5.73 Å². The normalized spacial score (nSPS) is 32.8. The average Bonchev–Trinajstić information content (AvgIpc) is 2.70. The van der Waals surface area contributed by atoms with Crippen molar-refractivity contribution >= 4 is 11.8 Å². The van der Waals surface area contributed by atoms with Gasteiger partial charge in [0.1, 0.15) is 0 Å². The molecule has 2 fully saturated rings. The smallest absolute Gasteiger partial charge is 0.223 e. The predicted molar refractivity (Wildman–Crippen MR) is 73.4 cm³/mol. The van der Waals surface area contributed by atoms with Crippen LogP contribution in [0.15, 0.2) is 0 Å². The van der Waals surface area contributed by atoms with E-state index in [4.69, 9.17) is 5.73 Å². The second kappa shape index (κ2) is 5.90. The molecule has 0 aromatic rings. The maximum absolute atomic E-state index is 11.8. The lowest BCUT2D eigenvalue weighted by Crippen LogP contribution is -2.47. The van der Waals surface area contributed by atoms with Crippen molar-refractivity contribution in [3.63, 3.8) is 0 Å². The lowest BCUT2D eigenvalue weighted by Gasteiger charge is -2.39. The molecule has 2 aliphatic heterocycles. The Kier molecular flexibility index (Phi) is 4.45. The van der Waals surface area contributed by atoms with Gasteiger partial charge in [-0.3, -0.25) is 14.5 Å². The molecule has 0 aromatic carbocycles. The number of primary amides is 1. The Labute approximate surface area is 115 Å². The van der Waals surface area contributed by atoms with E-state index in [1.807, 2.05) is 0 Å². The molecule has 3 atom stereocenters. The Hall–Kier alpha value is -1.10. The molecule has 5 nitrogen and oxygen atoms in total. The number of nitrogens with two attached hydrogens (primary N) is 1. The summed E-state index contributed by atoms with van der Waals surface area (Å²) in [6, 6.07) is 1.18. The van der Waals surface area contributed by atoms with Gasteiger partial charge < -0.3 is 10.6 Å². The summed E-state index contributed by atoms with van der Waals surface area (Å²) in [5, 5.41) is 0. The van der Waals surface area contributed by atoms with E-state index in [0.717, 1.165) is 13.1 Å². The fraction of sp³-hybridized carbons (Fsp3) is 0.857. The van der Waals surface area contributed by atoms with Crippen LogP contribution in [0.3, 0.4) is 0 Å². The van der Waals surface area contributed by atoms with Gasteiger partial charge in [0.05, 0.1) is 5.92 Å². The minimum absolute atomic E-state index is 0.0705. The third-order valence-electron chi connectivity index (χ3n) is 4.62. The van der Waals surface area contributed by atoms with Gasteiger partial charge in [0, 0.05) is 38.1 Å². The van der Waals surface area contributed by atoms with Gasteiger partial charge >= 0.3 is 0 Å². The molecule has 2 heterocycles. The maximum Gasteiger partial charge on any atom is 0.223 e. The molecule has 0 aromatic heterocycles. The minimum Gasteiger partial charge on any atom is -0.369 e. The van der Waals surface area contributed by atoms with Gasteiger partial charge in [0.25, 0.3) is 0 Å². The van der Waals surface area contributed by atoms with Crippen LogP contribution in [0.2, 0.25) is 0 Å². The Balaban J connectivity index is 1.85. The van der Waals surface area contributed by atoms with Crippen LogP contribution in [0.5, 0.6) is 0 Å². The molecule has 19 heavy (non-hydrogen) atoms. The summed E-state index contributed by atoms with van der Waals surface area (Å²) in [5.41, 5.74) is 5.28. The third kappa shape index (κ3) is 3.26. The molecule has 0 saturated carbocycles. The first-order chi connectivity index (χ1) is 8.99. The van der Waals surface area contributed by atoms with Crippen LogP contribution in [0.1, 0.15) is 39.5 Å². The molecule has 3 unspecified atom stereocenters. The number of likely N-dealkylation sites (tertiary alicyclic amines) is 2. The predicted octanol–water partition coefficient (Wildman–Crippen LogP) is 0.583. The Morgan fingerprint density at radius 2 is 1.89 bits per heavy atom. The van der Waals surface area contributed by atoms with E-state index in [1.54, 1.807) is 4.90 Å². The molecule has 2 N–H and O–H groups in total. The van der Waals surface area contributed by atoms with Crippen molar-refractivity contribution in [2.75, 3.05) is 19.6 Å². The molecule has 5 heteroatoms. The minimum atomic E-state index is -0.351. The van der Waals surface area contributed by atoms with Crippen molar-refractivity contribution in [1.29, 1.82) is 0 Å². The van der Waals surface area contributed by atoms with Crippen molar-refractivity contribution in [1.82, 2.24) is 9.80 Å². The number of carbonyl (C=O) groups is 2. The summed E-state index contributed by atoms with van der Waals surface area (Å²) in [7, 11) is 0. The zero-order valence-corrected chi connectivity index (χ0v) is 12.0. The van der Waals surface area contributed by atoms with Crippen molar-refractivity contribution < 1.29 is 9.59 Å². The van der Waals surface area contributed by atoms with Crippen LogP contribution in [0.25, 0.3) is 0 Å². The Morgan fingerprint density at radius 1 is 1.26 bits per heavy atom. The van der Waals surface area contributed by atoms with Gasteiger partial charge in [-0.2, -0.15) is 0 Å². The average molecular weight is 267 g/mol. The monoisotopic (exact) mass is 267 g/mol. The highest BCUT2D eigenvalue weighted by atomic mass is 16.2. The van der Waals surface area contributed by atoms with E-state index >= 15 is 0 Å². The number of carbonyl (C=O) groups excluding carboxylic acids is 2. The second-order valence-electron chi connectivity index (χ2n) is 6.01. The van der Waals surface area contributed by atoms with Gasteiger partial charge in [-0.1, -0.05) is 6.42 Å². The van der Waals surface area contributed by atoms with Crippen LogP contribution in [-0.2, 0) is 9.59 Å². The number of hydrogen-bond donors (Lipinski definition) is 1. The van der Waals surface area contributed by atoms with Crippen LogP contribution in [0, 0.1) is 5.92 Å². The second-order valence-corrected chi connectivity index (χ2v) is 6.01. The van der Waals surface area contributed by atoms with E-state index in [-0.39, 0.29) is 17.7 Å². The first-order valence-electron chi connectivity index (χ1n) is 7.32. The zero-order valence-electron chi connectivity index (χ0n) is 12.0. The van der Waals surface area contributed by atoms with Gasteiger partial charge in [0.15, 0.2) is 0 Å². The summed E-state index contributed by atoms with van der Waals surface area (Å²) >= 11 is 0. The molecule has 0 bridgehead atoms. The van der Waals surface area contributed by atoms with Crippen molar-refractivity contribution in [2.45, 2.75) is 51.6 Å². The van der Waals surface area contributed by atoms with Crippen LogP contribution in [-0.4, -0.2) is 53.3 Å². The van der Waals surface area contributed by atoms with E-state index < -0.39 is 0 Å². The lowest BCUT2D eigenvalue weighted by molar-refractivity contribution is -0.128. The van der Waals surface area contributed by atoms with Gasteiger partial charge in [-0.15, -0.1) is 0 Å². The van der Waals surface area contributed by atoms with Crippen molar-refractivity contribution in [2.24, 2.45) is 11.7 Å².